The van der Waals surface area contributed by atoms with E-state index in [9.17, 15) is 15.0 Å². The lowest BCUT2D eigenvalue weighted by Crippen LogP contribution is -2.32. The van der Waals surface area contributed by atoms with Crippen LogP contribution in [0.4, 0.5) is 0 Å². The summed E-state index contributed by atoms with van der Waals surface area (Å²) in [5.41, 5.74) is 0.815. The highest BCUT2D eigenvalue weighted by Gasteiger charge is 2.20. The van der Waals surface area contributed by atoms with Gasteiger partial charge in [-0.1, -0.05) is 13.8 Å². The SMILES string of the molecule is CCN(CCCO)C(=O)c1cc(C(C)C)c(O)cc1O. The predicted molar refractivity (Wildman–Crippen MR) is 77.1 cm³/mol. The average molecular weight is 281 g/mol. The van der Waals surface area contributed by atoms with Gasteiger partial charge >= 0.3 is 0 Å². The molecule has 1 amide bonds. The number of phenols is 2. The van der Waals surface area contributed by atoms with Crippen molar-refractivity contribution in [2.45, 2.75) is 33.1 Å². The smallest absolute Gasteiger partial charge is 0.257 e. The molecule has 0 saturated heterocycles. The molecule has 20 heavy (non-hydrogen) atoms. The lowest BCUT2D eigenvalue weighted by Gasteiger charge is -2.22. The standard InChI is InChI=1S/C15H23NO4/c1-4-16(6-5-7-17)15(20)12-8-11(10(2)3)13(18)9-14(12)19/h8-10,17-19H,4-7H2,1-3H3. The lowest BCUT2D eigenvalue weighted by molar-refractivity contribution is 0.0751. The quantitative estimate of drug-likeness (QED) is 0.745. The molecular formula is C15H23NO4. The van der Waals surface area contributed by atoms with Crippen molar-refractivity contribution >= 4 is 5.91 Å². The summed E-state index contributed by atoms with van der Waals surface area (Å²) < 4.78 is 0. The zero-order valence-corrected chi connectivity index (χ0v) is 12.3. The van der Waals surface area contributed by atoms with Crippen molar-refractivity contribution in [1.29, 1.82) is 0 Å². The fourth-order valence-electron chi connectivity index (χ4n) is 2.06. The van der Waals surface area contributed by atoms with Gasteiger partial charge in [0.25, 0.3) is 5.91 Å². The minimum atomic E-state index is -0.291. The van der Waals surface area contributed by atoms with Crippen molar-refractivity contribution in [2.75, 3.05) is 19.7 Å². The number of aliphatic hydroxyl groups excluding tert-OH is 1. The van der Waals surface area contributed by atoms with Crippen molar-refractivity contribution in [2.24, 2.45) is 0 Å². The number of hydrogen-bond acceptors (Lipinski definition) is 4. The number of aliphatic hydroxyl groups is 1. The Morgan fingerprint density at radius 2 is 1.90 bits per heavy atom. The van der Waals surface area contributed by atoms with Crippen molar-refractivity contribution in [3.05, 3.63) is 23.3 Å². The summed E-state index contributed by atoms with van der Waals surface area (Å²) >= 11 is 0. The Kier molecular flexibility index (Phi) is 5.82. The van der Waals surface area contributed by atoms with E-state index in [0.29, 0.717) is 25.1 Å². The molecule has 1 aromatic rings. The van der Waals surface area contributed by atoms with E-state index in [0.717, 1.165) is 0 Å². The maximum absolute atomic E-state index is 12.4. The highest BCUT2D eigenvalue weighted by Crippen LogP contribution is 2.32. The van der Waals surface area contributed by atoms with Gasteiger partial charge < -0.3 is 20.2 Å². The lowest BCUT2D eigenvalue weighted by atomic mass is 9.98. The summed E-state index contributed by atoms with van der Waals surface area (Å²) in [6, 6.07) is 2.75. The highest BCUT2D eigenvalue weighted by molar-refractivity contribution is 5.97. The maximum Gasteiger partial charge on any atom is 0.257 e. The number of rotatable bonds is 6. The second-order valence-electron chi connectivity index (χ2n) is 5.04. The minimum Gasteiger partial charge on any atom is -0.508 e. The van der Waals surface area contributed by atoms with Crippen LogP contribution in [0.5, 0.6) is 11.5 Å². The van der Waals surface area contributed by atoms with Gasteiger partial charge in [0.05, 0.1) is 5.56 Å². The van der Waals surface area contributed by atoms with E-state index in [1.54, 1.807) is 11.0 Å². The second kappa shape index (κ2) is 7.14. The van der Waals surface area contributed by atoms with Gasteiger partial charge in [-0.25, -0.2) is 0 Å². The van der Waals surface area contributed by atoms with Crippen molar-refractivity contribution in [3.8, 4) is 11.5 Å². The molecule has 0 spiro atoms. The first kappa shape index (κ1) is 16.3. The Bertz CT molecular complexity index is 471. The number of hydrogen-bond donors (Lipinski definition) is 3. The molecule has 0 aliphatic carbocycles. The minimum absolute atomic E-state index is 0.00698. The molecule has 112 valence electrons. The third-order valence-corrected chi connectivity index (χ3v) is 3.25. The molecule has 3 N–H and O–H groups in total. The Morgan fingerprint density at radius 3 is 2.40 bits per heavy atom. The van der Waals surface area contributed by atoms with Gasteiger partial charge in [0, 0.05) is 25.8 Å². The summed E-state index contributed by atoms with van der Waals surface area (Å²) in [7, 11) is 0. The normalized spacial score (nSPS) is 10.8. The van der Waals surface area contributed by atoms with Gasteiger partial charge in [0.1, 0.15) is 11.5 Å². The third kappa shape index (κ3) is 3.63. The van der Waals surface area contributed by atoms with E-state index in [2.05, 4.69) is 0 Å². The van der Waals surface area contributed by atoms with E-state index in [1.165, 1.54) is 6.07 Å². The van der Waals surface area contributed by atoms with Crippen LogP contribution in [0.25, 0.3) is 0 Å². The molecule has 0 saturated carbocycles. The van der Waals surface area contributed by atoms with Crippen LogP contribution in [-0.2, 0) is 0 Å². The molecule has 0 heterocycles. The average Bonchev–Trinajstić information content (AvgIpc) is 2.38. The van der Waals surface area contributed by atoms with E-state index in [4.69, 9.17) is 5.11 Å². The summed E-state index contributed by atoms with van der Waals surface area (Å²) in [6.07, 6.45) is 0.495. The maximum atomic E-state index is 12.4. The van der Waals surface area contributed by atoms with Gasteiger partial charge in [-0.15, -0.1) is 0 Å². The van der Waals surface area contributed by atoms with Crippen LogP contribution in [0, 0.1) is 0 Å². The van der Waals surface area contributed by atoms with Gasteiger partial charge in [0.15, 0.2) is 0 Å². The number of phenolic OH excluding ortho intramolecular Hbond substituents is 2. The fourth-order valence-corrected chi connectivity index (χ4v) is 2.06. The van der Waals surface area contributed by atoms with Crippen LogP contribution in [-0.4, -0.2) is 45.8 Å². The number of nitrogens with zero attached hydrogens (tertiary/aromatic N) is 1. The second-order valence-corrected chi connectivity index (χ2v) is 5.04. The van der Waals surface area contributed by atoms with Crippen LogP contribution in [0.3, 0.4) is 0 Å². The summed E-state index contributed by atoms with van der Waals surface area (Å²) in [4.78, 5) is 14.0. The zero-order chi connectivity index (χ0) is 15.3. The van der Waals surface area contributed by atoms with Crippen molar-refractivity contribution < 1.29 is 20.1 Å². The molecule has 0 aliphatic rings. The summed E-state index contributed by atoms with van der Waals surface area (Å²) in [5.74, 6) is -0.471. The first-order chi connectivity index (χ1) is 9.42. The molecule has 0 aromatic heterocycles. The van der Waals surface area contributed by atoms with Gasteiger partial charge in [0.2, 0.25) is 0 Å². The first-order valence-electron chi connectivity index (χ1n) is 6.88. The number of benzene rings is 1. The zero-order valence-electron chi connectivity index (χ0n) is 12.3. The topological polar surface area (TPSA) is 81.0 Å². The number of carbonyl (C=O) groups excluding carboxylic acids is 1. The number of amides is 1. The van der Waals surface area contributed by atoms with E-state index < -0.39 is 0 Å². The summed E-state index contributed by atoms with van der Waals surface area (Å²) in [5, 5.41) is 28.5. The fraction of sp³-hybridized carbons (Fsp3) is 0.533. The van der Waals surface area contributed by atoms with E-state index >= 15 is 0 Å². The predicted octanol–water partition coefficient (Wildman–Crippen LogP) is 2.07. The molecule has 0 bridgehead atoms. The van der Waals surface area contributed by atoms with E-state index in [1.807, 2.05) is 20.8 Å². The Morgan fingerprint density at radius 1 is 1.25 bits per heavy atom. The Hall–Kier alpha value is -1.75. The van der Waals surface area contributed by atoms with Gasteiger partial charge in [-0.3, -0.25) is 4.79 Å². The van der Waals surface area contributed by atoms with E-state index in [-0.39, 0.29) is 35.5 Å². The van der Waals surface area contributed by atoms with Crippen LogP contribution < -0.4 is 0 Å². The molecule has 0 radical (unpaired) electrons. The highest BCUT2D eigenvalue weighted by atomic mass is 16.3. The number of carbonyl (C=O) groups is 1. The van der Waals surface area contributed by atoms with Crippen LogP contribution in [0.15, 0.2) is 12.1 Å². The first-order valence-corrected chi connectivity index (χ1v) is 6.88. The van der Waals surface area contributed by atoms with Crippen molar-refractivity contribution in [1.82, 2.24) is 4.90 Å². The molecule has 0 fully saturated rings. The molecule has 0 aliphatic heterocycles. The van der Waals surface area contributed by atoms with Crippen molar-refractivity contribution in [3.63, 3.8) is 0 Å². The molecule has 5 nitrogen and oxygen atoms in total. The Labute approximate surface area is 119 Å². The molecule has 1 aromatic carbocycles. The van der Waals surface area contributed by atoms with Crippen LogP contribution in [0.1, 0.15) is 49.0 Å². The third-order valence-electron chi connectivity index (χ3n) is 3.25. The van der Waals surface area contributed by atoms with Crippen LogP contribution >= 0.6 is 0 Å². The largest absolute Gasteiger partial charge is 0.508 e. The monoisotopic (exact) mass is 281 g/mol. The molecule has 0 unspecified atom stereocenters. The number of aromatic hydroxyl groups is 2. The molecule has 0 atom stereocenters. The summed E-state index contributed by atoms with van der Waals surface area (Å²) in [6.45, 7) is 6.60. The van der Waals surface area contributed by atoms with Crippen LogP contribution in [0.2, 0.25) is 0 Å². The van der Waals surface area contributed by atoms with Gasteiger partial charge in [-0.05, 0) is 30.9 Å². The van der Waals surface area contributed by atoms with Gasteiger partial charge in [-0.2, -0.15) is 0 Å². The molecule has 1 rings (SSSR count). The molecule has 5 heteroatoms. The Balaban J connectivity index is 3.11. The molecular weight excluding hydrogens is 258 g/mol.